The Morgan fingerprint density at radius 1 is 1.33 bits per heavy atom. The lowest BCUT2D eigenvalue weighted by atomic mass is 10.2. The molecule has 2 aromatic rings. The van der Waals surface area contributed by atoms with E-state index in [0.29, 0.717) is 12.2 Å². The van der Waals surface area contributed by atoms with Crippen LogP contribution in [0.5, 0.6) is 0 Å². The van der Waals surface area contributed by atoms with E-state index in [-0.39, 0.29) is 5.56 Å². The summed E-state index contributed by atoms with van der Waals surface area (Å²) >= 11 is 3.49. The Morgan fingerprint density at radius 2 is 2.00 bits per heavy atom. The first-order valence-electron chi connectivity index (χ1n) is 5.83. The van der Waals surface area contributed by atoms with E-state index >= 15 is 0 Å². The quantitative estimate of drug-likeness (QED) is 0.944. The first-order valence-corrected chi connectivity index (χ1v) is 6.63. The molecule has 0 saturated heterocycles. The summed E-state index contributed by atoms with van der Waals surface area (Å²) in [6.07, 6.45) is 0.751. The summed E-state index contributed by atoms with van der Waals surface area (Å²) in [6.45, 7) is 2.51. The third kappa shape index (κ3) is 2.10. The zero-order chi connectivity index (χ0) is 13.3. The van der Waals surface area contributed by atoms with Crippen molar-refractivity contribution in [1.29, 1.82) is 0 Å². The molecule has 1 heterocycles. The van der Waals surface area contributed by atoms with E-state index in [1.54, 1.807) is 4.68 Å². The molecule has 96 valence electrons. The number of nitrogens with two attached hydrogens (primary N) is 1. The largest absolute Gasteiger partial charge is 0.393 e. The molecule has 1 aromatic carbocycles. The first kappa shape index (κ1) is 13.0. The Bertz CT molecular complexity index is 628. The number of nitrogen functional groups attached to an aromatic ring is 1. The number of benzene rings is 1. The van der Waals surface area contributed by atoms with Crippen LogP contribution in [-0.2, 0) is 20.0 Å². The van der Waals surface area contributed by atoms with Crippen LogP contribution in [-0.4, -0.2) is 9.36 Å². The molecule has 0 aliphatic carbocycles. The summed E-state index contributed by atoms with van der Waals surface area (Å²) in [5, 5.41) is 0. The molecule has 0 spiro atoms. The second-order valence-corrected chi connectivity index (χ2v) is 5.05. The number of hydrogen-bond acceptors (Lipinski definition) is 2. The molecule has 2 rings (SSSR count). The fourth-order valence-corrected chi connectivity index (χ4v) is 2.51. The highest BCUT2D eigenvalue weighted by Crippen LogP contribution is 2.17. The molecular formula is C13H16BrN3O. The van der Waals surface area contributed by atoms with Gasteiger partial charge in [-0.2, -0.15) is 0 Å². The molecule has 1 aromatic heterocycles. The maximum absolute atomic E-state index is 12.1. The Hall–Kier alpha value is -1.49. The van der Waals surface area contributed by atoms with Crippen LogP contribution < -0.4 is 11.3 Å². The summed E-state index contributed by atoms with van der Waals surface area (Å²) in [7, 11) is 1.87. The van der Waals surface area contributed by atoms with Crippen LogP contribution in [0.25, 0.3) is 0 Å². The highest BCUT2D eigenvalue weighted by Gasteiger charge is 2.14. The predicted octanol–water partition coefficient (Wildman–Crippen LogP) is 2.14. The van der Waals surface area contributed by atoms with E-state index in [2.05, 4.69) is 15.9 Å². The smallest absolute Gasteiger partial charge is 0.290 e. The van der Waals surface area contributed by atoms with Gasteiger partial charge in [0, 0.05) is 11.5 Å². The van der Waals surface area contributed by atoms with Gasteiger partial charge in [0.05, 0.1) is 12.2 Å². The van der Waals surface area contributed by atoms with Gasteiger partial charge in [-0.3, -0.25) is 9.48 Å². The van der Waals surface area contributed by atoms with Crippen LogP contribution in [0.3, 0.4) is 0 Å². The summed E-state index contributed by atoms with van der Waals surface area (Å²) in [5.41, 5.74) is 8.01. The lowest BCUT2D eigenvalue weighted by Gasteiger charge is -2.10. The van der Waals surface area contributed by atoms with Crippen molar-refractivity contribution in [1.82, 2.24) is 9.36 Å². The number of nitrogens with zero attached hydrogens (tertiary/aromatic N) is 2. The maximum atomic E-state index is 12.1. The number of aromatic nitrogens is 2. The minimum absolute atomic E-state index is 0.120. The normalized spacial score (nSPS) is 10.8. The van der Waals surface area contributed by atoms with Crippen LogP contribution in [0, 0.1) is 0 Å². The van der Waals surface area contributed by atoms with Crippen LogP contribution in [0.15, 0.2) is 33.5 Å². The minimum Gasteiger partial charge on any atom is -0.393 e. The Labute approximate surface area is 114 Å². The number of hydrogen-bond donors (Lipinski definition) is 1. The number of anilines is 1. The van der Waals surface area contributed by atoms with Gasteiger partial charge in [-0.25, -0.2) is 4.68 Å². The number of rotatable bonds is 3. The molecule has 0 atom stereocenters. The van der Waals surface area contributed by atoms with Gasteiger partial charge >= 0.3 is 0 Å². The predicted molar refractivity (Wildman–Crippen MR) is 76.7 cm³/mol. The molecule has 0 saturated carbocycles. The Balaban J connectivity index is 2.48. The lowest BCUT2D eigenvalue weighted by molar-refractivity contribution is 0.519. The number of halogens is 1. The average Bonchev–Trinajstić information content (AvgIpc) is 2.56. The highest BCUT2D eigenvalue weighted by molar-refractivity contribution is 9.10. The van der Waals surface area contributed by atoms with Gasteiger partial charge in [0.25, 0.3) is 5.56 Å². The molecule has 0 aliphatic heterocycles. The molecule has 0 amide bonds. The Kier molecular flexibility index (Phi) is 3.61. The molecule has 4 nitrogen and oxygen atoms in total. The topological polar surface area (TPSA) is 53.0 Å². The van der Waals surface area contributed by atoms with Crippen molar-refractivity contribution in [2.24, 2.45) is 7.05 Å². The minimum atomic E-state index is -0.120. The van der Waals surface area contributed by atoms with Crippen molar-refractivity contribution in [2.75, 3.05) is 5.73 Å². The third-order valence-corrected chi connectivity index (χ3v) is 3.91. The molecule has 0 unspecified atom stereocenters. The van der Waals surface area contributed by atoms with Crippen LogP contribution >= 0.6 is 15.9 Å². The zero-order valence-electron chi connectivity index (χ0n) is 10.5. The Morgan fingerprint density at radius 3 is 2.56 bits per heavy atom. The van der Waals surface area contributed by atoms with Gasteiger partial charge in [0.2, 0.25) is 0 Å². The van der Waals surface area contributed by atoms with Crippen molar-refractivity contribution in [3.8, 4) is 0 Å². The van der Waals surface area contributed by atoms with Crippen molar-refractivity contribution < 1.29 is 0 Å². The van der Waals surface area contributed by atoms with Crippen molar-refractivity contribution >= 4 is 21.6 Å². The molecule has 0 fully saturated rings. The highest BCUT2D eigenvalue weighted by atomic mass is 79.9. The molecule has 0 radical (unpaired) electrons. The van der Waals surface area contributed by atoms with E-state index in [0.717, 1.165) is 22.2 Å². The second-order valence-electron chi connectivity index (χ2n) is 4.19. The van der Waals surface area contributed by atoms with E-state index in [9.17, 15) is 4.79 Å². The van der Waals surface area contributed by atoms with Gasteiger partial charge in [0.1, 0.15) is 5.69 Å². The monoisotopic (exact) mass is 309 g/mol. The molecular weight excluding hydrogens is 294 g/mol. The van der Waals surface area contributed by atoms with Gasteiger partial charge < -0.3 is 5.73 Å². The maximum Gasteiger partial charge on any atom is 0.290 e. The molecule has 5 heteroatoms. The summed E-state index contributed by atoms with van der Waals surface area (Å²) in [6, 6.07) is 7.87. The van der Waals surface area contributed by atoms with Gasteiger partial charge in [-0.1, -0.05) is 41.1 Å². The van der Waals surface area contributed by atoms with E-state index in [4.69, 9.17) is 5.73 Å². The zero-order valence-corrected chi connectivity index (χ0v) is 12.1. The van der Waals surface area contributed by atoms with Gasteiger partial charge in [-0.15, -0.1) is 0 Å². The molecule has 2 N–H and O–H groups in total. The molecule has 0 aliphatic rings. The molecule has 18 heavy (non-hydrogen) atoms. The van der Waals surface area contributed by atoms with E-state index in [1.807, 2.05) is 42.9 Å². The summed E-state index contributed by atoms with van der Waals surface area (Å²) < 4.78 is 4.50. The third-order valence-electron chi connectivity index (χ3n) is 3.14. The lowest BCUT2D eigenvalue weighted by Crippen LogP contribution is -2.23. The summed E-state index contributed by atoms with van der Waals surface area (Å²) in [5.74, 6) is 0. The van der Waals surface area contributed by atoms with Gasteiger partial charge in [0.15, 0.2) is 0 Å². The fourth-order valence-electron chi connectivity index (χ4n) is 2.10. The second kappa shape index (κ2) is 5.02. The van der Waals surface area contributed by atoms with Crippen molar-refractivity contribution in [2.45, 2.75) is 19.9 Å². The van der Waals surface area contributed by atoms with Gasteiger partial charge in [-0.05, 0) is 18.1 Å². The summed E-state index contributed by atoms with van der Waals surface area (Å²) in [4.78, 5) is 12.1. The standard InChI is InChI=1S/C13H16BrN3O/c1-3-11-12(15)13(18)17(16(11)2)8-9-6-4-5-7-10(9)14/h4-7H,3,8,15H2,1-2H3. The molecule has 0 bridgehead atoms. The van der Waals surface area contributed by atoms with Crippen LogP contribution in [0.1, 0.15) is 18.2 Å². The first-order chi connectivity index (χ1) is 8.56. The van der Waals surface area contributed by atoms with Crippen LogP contribution in [0.4, 0.5) is 5.69 Å². The SMILES string of the molecule is CCc1c(N)c(=O)n(Cc2ccccc2Br)n1C. The van der Waals surface area contributed by atoms with Crippen molar-refractivity contribution in [3.63, 3.8) is 0 Å². The van der Waals surface area contributed by atoms with Crippen LogP contribution in [0.2, 0.25) is 0 Å². The average molecular weight is 310 g/mol. The van der Waals surface area contributed by atoms with E-state index < -0.39 is 0 Å². The van der Waals surface area contributed by atoms with Crippen molar-refractivity contribution in [3.05, 3.63) is 50.3 Å². The van der Waals surface area contributed by atoms with E-state index in [1.165, 1.54) is 0 Å². The fraction of sp³-hybridized carbons (Fsp3) is 0.308.